The average molecular weight is 188 g/mol. The summed E-state index contributed by atoms with van der Waals surface area (Å²) in [6.07, 6.45) is 2.48. The highest BCUT2D eigenvalue weighted by atomic mass is 16.8. The highest BCUT2D eigenvalue weighted by molar-refractivity contribution is 5.80. The van der Waals surface area contributed by atoms with Crippen molar-refractivity contribution < 1.29 is 23.7 Å². The van der Waals surface area contributed by atoms with E-state index in [0.29, 0.717) is 0 Å². The van der Waals surface area contributed by atoms with Gasteiger partial charge in [-0.2, -0.15) is 0 Å². The van der Waals surface area contributed by atoms with Gasteiger partial charge in [0.05, 0.1) is 7.11 Å². The first kappa shape index (κ1) is 10.2. The fourth-order valence-corrected chi connectivity index (χ4v) is 1.04. The molecule has 0 saturated heterocycles. The third-order valence-corrected chi connectivity index (χ3v) is 1.77. The fraction of sp³-hybridized carbons (Fsp3) is 0.625. The van der Waals surface area contributed by atoms with Crippen LogP contribution in [0.15, 0.2) is 12.2 Å². The lowest BCUT2D eigenvalue weighted by Gasteiger charge is -2.23. The Hall–Kier alpha value is -0.910. The molecule has 0 bridgehead atoms. The van der Waals surface area contributed by atoms with Crippen LogP contribution in [-0.4, -0.2) is 39.4 Å². The van der Waals surface area contributed by atoms with E-state index in [-0.39, 0.29) is 0 Å². The highest BCUT2D eigenvalue weighted by Gasteiger charge is 2.44. The van der Waals surface area contributed by atoms with Gasteiger partial charge in [0, 0.05) is 14.2 Å². The summed E-state index contributed by atoms with van der Waals surface area (Å²) >= 11 is 0. The third kappa shape index (κ3) is 1.72. The van der Waals surface area contributed by atoms with Gasteiger partial charge in [0.25, 0.3) is 5.79 Å². The van der Waals surface area contributed by atoms with Crippen molar-refractivity contribution in [1.29, 1.82) is 0 Å². The zero-order valence-electron chi connectivity index (χ0n) is 7.77. The van der Waals surface area contributed by atoms with Crippen LogP contribution >= 0.6 is 0 Å². The molecule has 0 amide bonds. The van der Waals surface area contributed by atoms with E-state index in [2.05, 4.69) is 4.74 Å². The minimum absolute atomic E-state index is 0.570. The maximum Gasteiger partial charge on any atom is 0.371 e. The summed E-state index contributed by atoms with van der Waals surface area (Å²) < 4.78 is 19.5. The van der Waals surface area contributed by atoms with Crippen molar-refractivity contribution in [2.24, 2.45) is 0 Å². The van der Waals surface area contributed by atoms with Crippen LogP contribution in [-0.2, 0) is 23.7 Å². The summed E-state index contributed by atoms with van der Waals surface area (Å²) in [4.78, 5) is 11.2. The largest absolute Gasteiger partial charge is 0.465 e. The summed E-state index contributed by atoms with van der Waals surface area (Å²) in [5.41, 5.74) is 0. The predicted molar refractivity (Wildman–Crippen MR) is 42.8 cm³/mol. The van der Waals surface area contributed by atoms with Crippen molar-refractivity contribution in [3.63, 3.8) is 0 Å². The van der Waals surface area contributed by atoms with Crippen LogP contribution in [0.2, 0.25) is 0 Å². The van der Waals surface area contributed by atoms with E-state index in [1.54, 1.807) is 6.08 Å². The summed E-state index contributed by atoms with van der Waals surface area (Å²) in [6.45, 7) is 0. The van der Waals surface area contributed by atoms with E-state index >= 15 is 0 Å². The maximum absolute atomic E-state index is 11.2. The van der Waals surface area contributed by atoms with Crippen LogP contribution in [0.5, 0.6) is 0 Å². The van der Waals surface area contributed by atoms with Crippen LogP contribution in [0.4, 0.5) is 0 Å². The monoisotopic (exact) mass is 188 g/mol. The van der Waals surface area contributed by atoms with Crippen molar-refractivity contribution in [1.82, 2.24) is 0 Å². The molecular formula is C8H12O5. The Morgan fingerprint density at radius 2 is 2.15 bits per heavy atom. The predicted octanol–water partition coefficient (Wildman–Crippen LogP) is 0.0610. The van der Waals surface area contributed by atoms with E-state index in [9.17, 15) is 4.79 Å². The number of hydrogen-bond donors (Lipinski definition) is 0. The molecule has 0 N–H and O–H groups in total. The van der Waals surface area contributed by atoms with Gasteiger partial charge in [0.1, 0.15) is 0 Å². The van der Waals surface area contributed by atoms with Gasteiger partial charge in [-0.25, -0.2) is 4.79 Å². The number of carbonyl (C=O) groups excluding carboxylic acids is 1. The second kappa shape index (κ2) is 3.87. The molecule has 5 heteroatoms. The molecule has 0 unspecified atom stereocenters. The van der Waals surface area contributed by atoms with Crippen molar-refractivity contribution >= 4 is 5.97 Å². The third-order valence-electron chi connectivity index (χ3n) is 1.77. The molecule has 0 spiro atoms. The number of carbonyl (C=O) groups is 1. The number of rotatable bonds is 3. The van der Waals surface area contributed by atoms with Crippen LogP contribution in [0.25, 0.3) is 0 Å². The van der Waals surface area contributed by atoms with Crippen molar-refractivity contribution in [3.05, 3.63) is 12.2 Å². The van der Waals surface area contributed by atoms with Crippen LogP contribution in [0, 0.1) is 0 Å². The van der Waals surface area contributed by atoms with E-state index < -0.39 is 18.0 Å². The smallest absolute Gasteiger partial charge is 0.371 e. The lowest BCUT2D eigenvalue weighted by molar-refractivity contribution is -0.248. The fourth-order valence-electron chi connectivity index (χ4n) is 1.04. The minimum atomic E-state index is -1.45. The maximum atomic E-state index is 11.2. The Balaban J connectivity index is 2.75. The molecule has 0 saturated carbocycles. The molecule has 0 radical (unpaired) electrons. The molecule has 2 atom stereocenters. The van der Waals surface area contributed by atoms with Crippen LogP contribution in [0.1, 0.15) is 0 Å². The SMILES string of the molecule is COC(=O)[C@]1(OC)C=C[C@@H](OC)O1. The molecule has 1 rings (SSSR count). The Labute approximate surface area is 76.2 Å². The van der Waals surface area contributed by atoms with Crippen molar-refractivity contribution in [2.45, 2.75) is 12.1 Å². The van der Waals surface area contributed by atoms with E-state index in [1.165, 1.54) is 27.4 Å². The number of esters is 1. The Kier molecular flexibility index (Phi) is 3.02. The van der Waals surface area contributed by atoms with Gasteiger partial charge in [-0.15, -0.1) is 0 Å². The first-order valence-electron chi connectivity index (χ1n) is 3.72. The molecule has 74 valence electrons. The topological polar surface area (TPSA) is 54.0 Å². The Morgan fingerprint density at radius 3 is 2.54 bits per heavy atom. The van der Waals surface area contributed by atoms with Crippen LogP contribution in [0.3, 0.4) is 0 Å². The van der Waals surface area contributed by atoms with Gasteiger partial charge in [-0.3, -0.25) is 0 Å². The molecular weight excluding hydrogens is 176 g/mol. The molecule has 5 nitrogen and oxygen atoms in total. The van der Waals surface area contributed by atoms with Gasteiger partial charge in [-0.1, -0.05) is 0 Å². The molecule has 13 heavy (non-hydrogen) atoms. The zero-order chi connectivity index (χ0) is 9.90. The summed E-state index contributed by atoms with van der Waals surface area (Å²) in [7, 11) is 4.09. The average Bonchev–Trinajstić information content (AvgIpc) is 2.61. The second-order valence-corrected chi connectivity index (χ2v) is 2.44. The summed E-state index contributed by atoms with van der Waals surface area (Å²) in [6, 6.07) is 0. The minimum Gasteiger partial charge on any atom is -0.465 e. The van der Waals surface area contributed by atoms with Gasteiger partial charge in [0.2, 0.25) is 0 Å². The van der Waals surface area contributed by atoms with E-state index in [0.717, 1.165) is 0 Å². The van der Waals surface area contributed by atoms with Gasteiger partial charge >= 0.3 is 5.97 Å². The number of ether oxygens (including phenoxy) is 4. The van der Waals surface area contributed by atoms with E-state index in [1.807, 2.05) is 0 Å². The molecule has 1 heterocycles. The Bertz CT molecular complexity index is 225. The van der Waals surface area contributed by atoms with Gasteiger partial charge < -0.3 is 18.9 Å². The second-order valence-electron chi connectivity index (χ2n) is 2.44. The standard InChI is InChI=1S/C8H12O5/c1-10-6-4-5-8(12-3,13-6)7(9)11-2/h4-6H,1-3H3/t6-,8-/m0/s1. The first-order chi connectivity index (χ1) is 6.18. The lowest BCUT2D eigenvalue weighted by atomic mass is 10.3. The first-order valence-corrected chi connectivity index (χ1v) is 3.72. The lowest BCUT2D eigenvalue weighted by Crippen LogP contribution is -2.41. The Morgan fingerprint density at radius 1 is 1.46 bits per heavy atom. The normalized spacial score (nSPS) is 32.1. The molecule has 0 aromatic carbocycles. The molecule has 0 fully saturated rings. The quantitative estimate of drug-likeness (QED) is 0.463. The molecule has 1 aliphatic rings. The highest BCUT2D eigenvalue weighted by Crippen LogP contribution is 2.25. The van der Waals surface area contributed by atoms with Crippen LogP contribution < -0.4 is 0 Å². The molecule has 0 aromatic heterocycles. The van der Waals surface area contributed by atoms with Gasteiger partial charge in [-0.05, 0) is 12.2 Å². The van der Waals surface area contributed by atoms with Crippen molar-refractivity contribution in [3.8, 4) is 0 Å². The van der Waals surface area contributed by atoms with E-state index in [4.69, 9.17) is 14.2 Å². The van der Waals surface area contributed by atoms with Gasteiger partial charge in [0.15, 0.2) is 6.29 Å². The van der Waals surface area contributed by atoms with Crippen molar-refractivity contribution in [2.75, 3.05) is 21.3 Å². The zero-order valence-corrected chi connectivity index (χ0v) is 7.77. The molecule has 0 aromatic rings. The number of methoxy groups -OCH3 is 3. The summed E-state index contributed by atoms with van der Waals surface area (Å²) in [5.74, 6) is -2.05. The summed E-state index contributed by atoms with van der Waals surface area (Å²) in [5, 5.41) is 0. The molecule has 1 aliphatic heterocycles. The molecule has 0 aliphatic carbocycles. The number of hydrogen-bond acceptors (Lipinski definition) is 5.